The topological polar surface area (TPSA) is 70.0 Å². The van der Waals surface area contributed by atoms with Crippen LogP contribution in [0.4, 0.5) is 0 Å². The van der Waals surface area contributed by atoms with Gasteiger partial charge >= 0.3 is 0 Å². The van der Waals surface area contributed by atoms with Crippen LogP contribution in [0.25, 0.3) is 22.8 Å². The van der Waals surface area contributed by atoms with Crippen LogP contribution in [0.1, 0.15) is 0 Å². The molecule has 0 spiro atoms. The van der Waals surface area contributed by atoms with E-state index in [4.69, 9.17) is 32.7 Å². The van der Waals surface area contributed by atoms with Crippen LogP contribution in [0.15, 0.2) is 36.4 Å². The van der Waals surface area contributed by atoms with E-state index in [0.717, 1.165) is 0 Å². The van der Waals surface area contributed by atoms with E-state index in [9.17, 15) is 0 Å². The van der Waals surface area contributed by atoms with Gasteiger partial charge in [0.1, 0.15) is 11.5 Å². The predicted octanol–water partition coefficient (Wildman–Crippen LogP) is 3.92. The van der Waals surface area contributed by atoms with Crippen LogP contribution in [0.2, 0.25) is 10.0 Å². The van der Waals surface area contributed by atoms with Gasteiger partial charge in [0.15, 0.2) is 0 Å². The lowest BCUT2D eigenvalue weighted by Gasteiger charge is -2.06. The first kappa shape index (κ1) is 16.4. The molecular formula is C16H12Cl2N4O2. The molecule has 3 rings (SSSR count). The van der Waals surface area contributed by atoms with Gasteiger partial charge in [0, 0.05) is 11.1 Å². The molecule has 24 heavy (non-hydrogen) atoms. The van der Waals surface area contributed by atoms with Gasteiger partial charge in [-0.1, -0.05) is 23.2 Å². The molecule has 0 aliphatic heterocycles. The molecule has 122 valence electrons. The summed E-state index contributed by atoms with van der Waals surface area (Å²) in [6.45, 7) is 0. The van der Waals surface area contributed by atoms with Crippen molar-refractivity contribution < 1.29 is 9.47 Å². The van der Waals surface area contributed by atoms with Crippen LogP contribution in [0, 0.1) is 0 Å². The Bertz CT molecular complexity index is 800. The average molecular weight is 363 g/mol. The molecule has 0 radical (unpaired) electrons. The Balaban J connectivity index is 1.90. The Kier molecular flexibility index (Phi) is 4.78. The van der Waals surface area contributed by atoms with Crippen molar-refractivity contribution in [2.45, 2.75) is 0 Å². The summed E-state index contributed by atoms with van der Waals surface area (Å²) in [7, 11) is 3.10. The van der Waals surface area contributed by atoms with Gasteiger partial charge in [-0.3, -0.25) is 0 Å². The van der Waals surface area contributed by atoms with Gasteiger partial charge in [-0.15, -0.1) is 20.4 Å². The highest BCUT2D eigenvalue weighted by molar-refractivity contribution is 6.32. The second-order valence-electron chi connectivity index (χ2n) is 4.75. The largest absolute Gasteiger partial charge is 0.495 e. The van der Waals surface area contributed by atoms with E-state index in [1.54, 1.807) is 50.6 Å². The fourth-order valence-corrected chi connectivity index (χ4v) is 2.59. The van der Waals surface area contributed by atoms with Crippen LogP contribution in [0.5, 0.6) is 11.5 Å². The van der Waals surface area contributed by atoms with Crippen molar-refractivity contribution in [1.82, 2.24) is 20.4 Å². The first-order valence-corrected chi connectivity index (χ1v) is 7.63. The lowest BCUT2D eigenvalue weighted by atomic mass is 10.2. The van der Waals surface area contributed by atoms with E-state index in [1.165, 1.54) is 0 Å². The molecule has 0 aliphatic rings. The maximum absolute atomic E-state index is 6.10. The standard InChI is InChI=1S/C16H12Cl2N4O2/c1-23-13-5-3-9(7-11(13)17)15-19-21-16(22-20-15)10-4-6-14(24-2)12(18)8-10/h3-8H,1-2H3. The van der Waals surface area contributed by atoms with Crippen LogP contribution >= 0.6 is 23.2 Å². The highest BCUT2D eigenvalue weighted by Gasteiger charge is 2.10. The zero-order valence-corrected chi connectivity index (χ0v) is 14.3. The maximum Gasteiger partial charge on any atom is 0.203 e. The molecule has 0 bridgehead atoms. The van der Waals surface area contributed by atoms with Crippen molar-refractivity contribution in [2.24, 2.45) is 0 Å². The summed E-state index contributed by atoms with van der Waals surface area (Å²) in [4.78, 5) is 0. The summed E-state index contributed by atoms with van der Waals surface area (Å²) >= 11 is 12.2. The van der Waals surface area contributed by atoms with E-state index in [-0.39, 0.29) is 0 Å². The summed E-state index contributed by atoms with van der Waals surface area (Å²) in [5.41, 5.74) is 1.39. The number of aromatic nitrogens is 4. The number of nitrogens with zero attached hydrogens (tertiary/aromatic N) is 4. The SMILES string of the molecule is COc1ccc(-c2nnc(-c3ccc(OC)c(Cl)c3)nn2)cc1Cl. The van der Waals surface area contributed by atoms with Gasteiger partial charge in [-0.05, 0) is 36.4 Å². The zero-order valence-electron chi connectivity index (χ0n) is 12.8. The third kappa shape index (κ3) is 3.25. The van der Waals surface area contributed by atoms with Crippen molar-refractivity contribution in [3.63, 3.8) is 0 Å². The summed E-state index contributed by atoms with van der Waals surface area (Å²) in [6, 6.07) is 10.4. The lowest BCUT2D eigenvalue weighted by Crippen LogP contribution is -1.99. The van der Waals surface area contributed by atoms with E-state index < -0.39 is 0 Å². The minimum Gasteiger partial charge on any atom is -0.495 e. The molecule has 0 N–H and O–H groups in total. The number of hydrogen-bond acceptors (Lipinski definition) is 6. The quantitative estimate of drug-likeness (QED) is 0.700. The number of methoxy groups -OCH3 is 2. The first-order valence-electron chi connectivity index (χ1n) is 6.87. The normalized spacial score (nSPS) is 10.5. The van der Waals surface area contributed by atoms with Crippen LogP contribution in [-0.2, 0) is 0 Å². The number of benzene rings is 2. The lowest BCUT2D eigenvalue weighted by molar-refractivity contribution is 0.415. The molecule has 0 unspecified atom stereocenters. The van der Waals surface area contributed by atoms with Crippen LogP contribution in [-0.4, -0.2) is 34.6 Å². The first-order chi connectivity index (χ1) is 11.6. The third-order valence-corrected chi connectivity index (χ3v) is 3.89. The molecule has 0 fully saturated rings. The van der Waals surface area contributed by atoms with Crippen LogP contribution < -0.4 is 9.47 Å². The van der Waals surface area contributed by atoms with Gasteiger partial charge < -0.3 is 9.47 Å². The number of ether oxygens (including phenoxy) is 2. The molecule has 8 heteroatoms. The highest BCUT2D eigenvalue weighted by atomic mass is 35.5. The van der Waals surface area contributed by atoms with Crippen LogP contribution in [0.3, 0.4) is 0 Å². The molecule has 3 aromatic rings. The van der Waals surface area contributed by atoms with Crippen molar-refractivity contribution in [1.29, 1.82) is 0 Å². The summed E-state index contributed by atoms with van der Waals surface area (Å²) < 4.78 is 10.2. The Hall–Kier alpha value is -2.44. The Morgan fingerprint density at radius 1 is 0.667 bits per heavy atom. The fraction of sp³-hybridized carbons (Fsp3) is 0.125. The second kappa shape index (κ2) is 6.98. The van der Waals surface area contributed by atoms with Crippen molar-refractivity contribution >= 4 is 23.2 Å². The predicted molar refractivity (Wildman–Crippen MR) is 91.6 cm³/mol. The fourth-order valence-electron chi connectivity index (χ4n) is 2.07. The monoisotopic (exact) mass is 362 g/mol. The minimum absolute atomic E-state index is 0.364. The molecule has 2 aromatic carbocycles. The van der Waals surface area contributed by atoms with E-state index in [1.807, 2.05) is 0 Å². The highest BCUT2D eigenvalue weighted by Crippen LogP contribution is 2.30. The summed E-state index contributed by atoms with van der Waals surface area (Å²) in [6.07, 6.45) is 0. The number of halogens is 2. The third-order valence-electron chi connectivity index (χ3n) is 3.30. The van der Waals surface area contributed by atoms with E-state index in [0.29, 0.717) is 44.3 Å². The Labute approximate surface area is 148 Å². The molecule has 6 nitrogen and oxygen atoms in total. The van der Waals surface area contributed by atoms with Gasteiger partial charge in [-0.25, -0.2) is 0 Å². The molecule has 1 aromatic heterocycles. The Morgan fingerprint density at radius 2 is 1.04 bits per heavy atom. The molecular weight excluding hydrogens is 351 g/mol. The van der Waals surface area contributed by atoms with Crippen molar-refractivity contribution in [3.8, 4) is 34.3 Å². The summed E-state index contributed by atoms with van der Waals surface area (Å²) in [5.74, 6) is 1.88. The van der Waals surface area contributed by atoms with E-state index in [2.05, 4.69) is 20.4 Å². The zero-order chi connectivity index (χ0) is 17.1. The van der Waals surface area contributed by atoms with E-state index >= 15 is 0 Å². The molecule has 1 heterocycles. The average Bonchev–Trinajstić information content (AvgIpc) is 2.61. The Morgan fingerprint density at radius 3 is 1.33 bits per heavy atom. The van der Waals surface area contributed by atoms with Crippen molar-refractivity contribution in [3.05, 3.63) is 46.4 Å². The van der Waals surface area contributed by atoms with Gasteiger partial charge in [0.25, 0.3) is 0 Å². The number of rotatable bonds is 4. The molecule has 0 aliphatic carbocycles. The summed E-state index contributed by atoms with van der Waals surface area (Å²) in [5, 5.41) is 17.3. The number of hydrogen-bond donors (Lipinski definition) is 0. The molecule has 0 atom stereocenters. The molecule has 0 amide bonds. The molecule has 0 saturated heterocycles. The second-order valence-corrected chi connectivity index (χ2v) is 5.56. The van der Waals surface area contributed by atoms with Gasteiger partial charge in [-0.2, -0.15) is 0 Å². The van der Waals surface area contributed by atoms with Gasteiger partial charge in [0.05, 0.1) is 24.3 Å². The van der Waals surface area contributed by atoms with Crippen molar-refractivity contribution in [2.75, 3.05) is 14.2 Å². The maximum atomic E-state index is 6.10. The van der Waals surface area contributed by atoms with Gasteiger partial charge in [0.2, 0.25) is 11.6 Å². The molecule has 0 saturated carbocycles. The minimum atomic E-state index is 0.364. The smallest absolute Gasteiger partial charge is 0.203 e.